The number of nitro benzene ring substituents is 1. The molecule has 3 aromatic carbocycles. The zero-order valence-electron chi connectivity index (χ0n) is 16.5. The van der Waals surface area contributed by atoms with Gasteiger partial charge in [0.2, 0.25) is 0 Å². The predicted octanol–water partition coefficient (Wildman–Crippen LogP) is 3.70. The number of nitro groups is 1. The highest BCUT2D eigenvalue weighted by molar-refractivity contribution is 9.10. The summed E-state index contributed by atoms with van der Waals surface area (Å²) in [6.07, 6.45) is 1.42. The van der Waals surface area contributed by atoms with Crippen molar-refractivity contribution in [3.8, 4) is 0 Å². The molecule has 0 aromatic heterocycles. The quantitative estimate of drug-likeness (QED) is 0.277. The minimum Gasteiger partial charge on any atom is -0.271 e. The van der Waals surface area contributed by atoms with E-state index in [4.69, 9.17) is 0 Å². The van der Waals surface area contributed by atoms with Crippen molar-refractivity contribution in [1.82, 2.24) is 5.43 Å². The molecule has 0 aliphatic heterocycles. The van der Waals surface area contributed by atoms with Crippen molar-refractivity contribution in [3.63, 3.8) is 0 Å². The Kier molecular flexibility index (Phi) is 7.33. The molecule has 0 heterocycles. The highest BCUT2D eigenvalue weighted by atomic mass is 79.9. The highest BCUT2D eigenvalue weighted by Crippen LogP contribution is 2.25. The summed E-state index contributed by atoms with van der Waals surface area (Å²) < 4.78 is 28.0. The Bertz CT molecular complexity index is 1250. The smallest absolute Gasteiger partial charge is 0.269 e. The minimum atomic E-state index is -4.12. The van der Waals surface area contributed by atoms with E-state index in [1.54, 1.807) is 30.3 Å². The second-order valence-electron chi connectivity index (χ2n) is 6.41. The molecule has 164 valence electrons. The standard InChI is InChI=1S/C21H17BrN4O5S/c22-20-9-5-4-6-16(20)14-23-24-21(27)15-25(17-10-12-18(13-11-17)26(28)29)32(30,31)19-7-2-1-3-8-19/h1-14H,15H2,(H,24,27)/b23-14-. The summed E-state index contributed by atoms with van der Waals surface area (Å²) in [5, 5.41) is 14.8. The number of rotatable bonds is 8. The number of carbonyl (C=O) groups excluding carboxylic acids is 1. The van der Waals surface area contributed by atoms with E-state index >= 15 is 0 Å². The molecule has 0 radical (unpaired) electrons. The summed E-state index contributed by atoms with van der Waals surface area (Å²) in [6.45, 7) is -0.581. The molecule has 9 nitrogen and oxygen atoms in total. The molecule has 32 heavy (non-hydrogen) atoms. The lowest BCUT2D eigenvalue weighted by atomic mass is 10.2. The van der Waals surface area contributed by atoms with Gasteiger partial charge in [-0.25, -0.2) is 13.8 Å². The molecule has 0 unspecified atom stereocenters. The van der Waals surface area contributed by atoms with E-state index in [2.05, 4.69) is 26.5 Å². The van der Waals surface area contributed by atoms with E-state index in [1.165, 1.54) is 42.6 Å². The van der Waals surface area contributed by atoms with Crippen LogP contribution in [0.15, 0.2) is 93.3 Å². The largest absolute Gasteiger partial charge is 0.271 e. The molecule has 11 heteroatoms. The second-order valence-corrected chi connectivity index (χ2v) is 9.13. The van der Waals surface area contributed by atoms with Crippen LogP contribution in [0.3, 0.4) is 0 Å². The first kappa shape index (κ1) is 23.1. The number of anilines is 1. The van der Waals surface area contributed by atoms with Crippen molar-refractivity contribution in [2.24, 2.45) is 5.10 Å². The van der Waals surface area contributed by atoms with Crippen molar-refractivity contribution in [3.05, 3.63) is 99.0 Å². The lowest BCUT2D eigenvalue weighted by Gasteiger charge is -2.23. The van der Waals surface area contributed by atoms with Gasteiger partial charge < -0.3 is 0 Å². The lowest BCUT2D eigenvalue weighted by molar-refractivity contribution is -0.384. The van der Waals surface area contributed by atoms with Crippen molar-refractivity contribution in [2.45, 2.75) is 4.90 Å². The number of amides is 1. The Hall–Kier alpha value is -3.57. The Labute approximate surface area is 192 Å². The van der Waals surface area contributed by atoms with Gasteiger partial charge >= 0.3 is 0 Å². The molecular weight excluding hydrogens is 500 g/mol. The highest BCUT2D eigenvalue weighted by Gasteiger charge is 2.27. The van der Waals surface area contributed by atoms with E-state index in [-0.39, 0.29) is 16.3 Å². The number of hydrogen-bond acceptors (Lipinski definition) is 6. The minimum absolute atomic E-state index is 0.0251. The normalized spacial score (nSPS) is 11.3. The first-order valence-corrected chi connectivity index (χ1v) is 11.4. The van der Waals surface area contributed by atoms with Gasteiger partial charge in [0.05, 0.1) is 21.7 Å². The second kappa shape index (κ2) is 10.2. The van der Waals surface area contributed by atoms with Gasteiger partial charge in [0.1, 0.15) is 6.54 Å². The van der Waals surface area contributed by atoms with E-state index < -0.39 is 27.4 Å². The monoisotopic (exact) mass is 516 g/mol. The third kappa shape index (κ3) is 5.56. The zero-order valence-corrected chi connectivity index (χ0v) is 18.9. The van der Waals surface area contributed by atoms with E-state index in [0.29, 0.717) is 0 Å². The SMILES string of the molecule is O=C(CN(c1ccc([N+](=O)[O-])cc1)S(=O)(=O)c1ccccc1)N/N=C\c1ccccc1Br. The Balaban J connectivity index is 1.86. The molecule has 0 aliphatic carbocycles. The third-order valence-corrected chi connectivity index (χ3v) is 6.78. The first-order valence-electron chi connectivity index (χ1n) is 9.18. The number of carbonyl (C=O) groups is 1. The summed E-state index contributed by atoms with van der Waals surface area (Å²) in [4.78, 5) is 22.8. The van der Waals surface area contributed by atoms with Crippen LogP contribution >= 0.6 is 15.9 Å². The molecule has 0 bridgehead atoms. The summed E-state index contributed by atoms with van der Waals surface area (Å²) >= 11 is 3.36. The van der Waals surface area contributed by atoms with Crippen molar-refractivity contribution < 1.29 is 18.1 Å². The van der Waals surface area contributed by atoms with Crippen LogP contribution in [-0.4, -0.2) is 32.0 Å². The molecule has 0 atom stereocenters. The van der Waals surface area contributed by atoms with Gasteiger partial charge in [-0.05, 0) is 30.3 Å². The maximum atomic E-state index is 13.2. The maximum absolute atomic E-state index is 13.2. The van der Waals surface area contributed by atoms with Crippen LogP contribution in [0.1, 0.15) is 5.56 Å². The number of nitrogens with one attached hydrogen (secondary N) is 1. The average Bonchev–Trinajstić information content (AvgIpc) is 2.79. The van der Waals surface area contributed by atoms with Gasteiger partial charge in [0.15, 0.2) is 0 Å². The van der Waals surface area contributed by atoms with Crippen LogP contribution in [0.5, 0.6) is 0 Å². The van der Waals surface area contributed by atoms with Crippen LogP contribution in [-0.2, 0) is 14.8 Å². The lowest BCUT2D eigenvalue weighted by Crippen LogP contribution is -2.39. The van der Waals surface area contributed by atoms with Crippen LogP contribution in [0.25, 0.3) is 0 Å². The fraction of sp³-hybridized carbons (Fsp3) is 0.0476. The van der Waals surface area contributed by atoms with E-state index in [9.17, 15) is 23.3 Å². The number of nitrogens with zero attached hydrogens (tertiary/aromatic N) is 3. The number of hydrazone groups is 1. The van der Waals surface area contributed by atoms with Gasteiger partial charge in [0.25, 0.3) is 21.6 Å². The zero-order chi connectivity index (χ0) is 23.1. The van der Waals surface area contributed by atoms with Crippen molar-refractivity contribution in [2.75, 3.05) is 10.8 Å². The molecule has 3 rings (SSSR count). The van der Waals surface area contributed by atoms with Crippen LogP contribution < -0.4 is 9.73 Å². The predicted molar refractivity (Wildman–Crippen MR) is 124 cm³/mol. The van der Waals surface area contributed by atoms with Gasteiger partial charge in [0, 0.05) is 22.2 Å². The number of benzene rings is 3. The summed E-state index contributed by atoms with van der Waals surface area (Å²) in [7, 11) is -4.12. The van der Waals surface area contributed by atoms with Gasteiger partial charge in [-0.15, -0.1) is 0 Å². The molecular formula is C21H17BrN4O5S. The first-order chi connectivity index (χ1) is 15.3. The fourth-order valence-corrected chi connectivity index (χ4v) is 4.52. The summed E-state index contributed by atoms with van der Waals surface area (Å²) in [5.74, 6) is -0.689. The average molecular weight is 517 g/mol. The van der Waals surface area contributed by atoms with Crippen molar-refractivity contribution >= 4 is 49.4 Å². The van der Waals surface area contributed by atoms with Gasteiger partial charge in [-0.2, -0.15) is 5.10 Å². The van der Waals surface area contributed by atoms with Crippen LogP contribution in [0.4, 0.5) is 11.4 Å². The van der Waals surface area contributed by atoms with Crippen LogP contribution in [0, 0.1) is 10.1 Å². The molecule has 0 aliphatic rings. The Morgan fingerprint density at radius 1 is 1.03 bits per heavy atom. The number of halogens is 1. The van der Waals surface area contributed by atoms with E-state index in [1.807, 2.05) is 12.1 Å². The molecule has 0 spiro atoms. The van der Waals surface area contributed by atoms with Gasteiger partial charge in [-0.1, -0.05) is 52.3 Å². The third-order valence-electron chi connectivity index (χ3n) is 4.27. The molecule has 0 fully saturated rings. The van der Waals surface area contributed by atoms with E-state index in [0.717, 1.165) is 14.3 Å². The maximum Gasteiger partial charge on any atom is 0.269 e. The fourth-order valence-electron chi connectivity index (χ4n) is 2.69. The molecule has 1 N–H and O–H groups in total. The number of sulfonamides is 1. The summed E-state index contributed by atoms with van der Waals surface area (Å²) in [5.41, 5.74) is 2.93. The molecule has 1 amide bonds. The molecule has 0 saturated heterocycles. The topological polar surface area (TPSA) is 122 Å². The van der Waals surface area contributed by atoms with Gasteiger partial charge in [-0.3, -0.25) is 19.2 Å². The Morgan fingerprint density at radius 3 is 2.28 bits per heavy atom. The van der Waals surface area contributed by atoms with Crippen molar-refractivity contribution in [1.29, 1.82) is 0 Å². The Morgan fingerprint density at radius 2 is 1.66 bits per heavy atom. The number of non-ortho nitro benzene ring substituents is 1. The number of hydrogen-bond donors (Lipinski definition) is 1. The summed E-state index contributed by atoms with van der Waals surface area (Å²) in [6, 6.07) is 19.7. The molecule has 0 saturated carbocycles. The van der Waals surface area contributed by atoms with Crippen LogP contribution in [0.2, 0.25) is 0 Å². The molecule has 3 aromatic rings.